The largest absolute Gasteiger partial charge is 0.388 e. The number of benzene rings is 1. The van der Waals surface area contributed by atoms with E-state index in [-0.39, 0.29) is 0 Å². The molecule has 1 aliphatic rings. The molecule has 1 atom stereocenters. The van der Waals surface area contributed by atoms with E-state index in [1.165, 1.54) is 30.8 Å². The van der Waals surface area contributed by atoms with E-state index in [0.717, 1.165) is 6.54 Å². The fourth-order valence-electron chi connectivity index (χ4n) is 2.20. The van der Waals surface area contributed by atoms with Crippen molar-refractivity contribution in [2.75, 3.05) is 32.5 Å². The lowest BCUT2D eigenvalue weighted by molar-refractivity contribution is 0.397. The molecule has 1 aromatic rings. The number of nitrogens with one attached hydrogen (secondary N) is 2. The van der Waals surface area contributed by atoms with Crippen molar-refractivity contribution < 1.29 is 0 Å². The Balaban J connectivity index is 1.84. The minimum atomic E-state index is 0.656. The summed E-state index contributed by atoms with van der Waals surface area (Å²) in [4.78, 5) is 2.38. The molecule has 0 saturated carbocycles. The number of nitrogens with zero attached hydrogens (tertiary/aromatic N) is 1. The van der Waals surface area contributed by atoms with Crippen LogP contribution in [0.15, 0.2) is 24.3 Å². The van der Waals surface area contributed by atoms with Gasteiger partial charge in [-0.1, -0.05) is 12.1 Å². The third-order valence-corrected chi connectivity index (χ3v) is 3.20. The molecule has 2 rings (SSSR count). The molecule has 2 N–H and O–H groups in total. The minimum absolute atomic E-state index is 0.656. The SMILES string of the molecule is CNc1cccc(CNC2CCN(C)C2)c1. The normalized spacial score (nSPS) is 21.2. The maximum Gasteiger partial charge on any atom is 0.0340 e. The van der Waals surface area contributed by atoms with Crippen molar-refractivity contribution in [3.8, 4) is 0 Å². The third-order valence-electron chi connectivity index (χ3n) is 3.20. The summed E-state index contributed by atoms with van der Waals surface area (Å²) in [7, 11) is 4.14. The van der Waals surface area contributed by atoms with Crippen LogP contribution in [-0.2, 0) is 6.54 Å². The summed E-state index contributed by atoms with van der Waals surface area (Å²) in [5.41, 5.74) is 2.53. The highest BCUT2D eigenvalue weighted by atomic mass is 15.2. The van der Waals surface area contributed by atoms with Crippen LogP contribution in [0.25, 0.3) is 0 Å². The Morgan fingerprint density at radius 1 is 1.44 bits per heavy atom. The van der Waals surface area contributed by atoms with Gasteiger partial charge in [-0.2, -0.15) is 0 Å². The lowest BCUT2D eigenvalue weighted by atomic mass is 10.2. The van der Waals surface area contributed by atoms with Crippen molar-refractivity contribution in [2.24, 2.45) is 0 Å². The number of rotatable bonds is 4. The van der Waals surface area contributed by atoms with Crippen LogP contribution in [0.3, 0.4) is 0 Å². The fourth-order valence-corrected chi connectivity index (χ4v) is 2.20. The Hall–Kier alpha value is -1.06. The molecule has 16 heavy (non-hydrogen) atoms. The van der Waals surface area contributed by atoms with Crippen molar-refractivity contribution >= 4 is 5.69 Å². The molecule has 1 saturated heterocycles. The summed E-state index contributed by atoms with van der Waals surface area (Å²) < 4.78 is 0. The van der Waals surface area contributed by atoms with E-state index < -0.39 is 0 Å². The summed E-state index contributed by atoms with van der Waals surface area (Å²) in [6.07, 6.45) is 1.27. The van der Waals surface area contributed by atoms with Gasteiger partial charge in [0.2, 0.25) is 0 Å². The topological polar surface area (TPSA) is 27.3 Å². The Bertz CT molecular complexity index is 338. The zero-order chi connectivity index (χ0) is 11.4. The van der Waals surface area contributed by atoms with Crippen molar-refractivity contribution in [2.45, 2.75) is 19.0 Å². The van der Waals surface area contributed by atoms with Gasteiger partial charge in [-0.15, -0.1) is 0 Å². The van der Waals surface area contributed by atoms with Gasteiger partial charge in [0, 0.05) is 31.9 Å². The van der Waals surface area contributed by atoms with Crippen LogP contribution in [-0.4, -0.2) is 38.1 Å². The van der Waals surface area contributed by atoms with Crippen molar-refractivity contribution in [1.29, 1.82) is 0 Å². The number of hydrogen-bond acceptors (Lipinski definition) is 3. The molecule has 88 valence electrons. The lowest BCUT2D eigenvalue weighted by Gasteiger charge is -2.13. The minimum Gasteiger partial charge on any atom is -0.388 e. The summed E-state index contributed by atoms with van der Waals surface area (Å²) in [5.74, 6) is 0. The van der Waals surface area contributed by atoms with Crippen molar-refractivity contribution in [3.05, 3.63) is 29.8 Å². The molecule has 1 aliphatic heterocycles. The van der Waals surface area contributed by atoms with Gasteiger partial charge >= 0.3 is 0 Å². The molecule has 1 aromatic carbocycles. The first-order chi connectivity index (χ1) is 7.78. The maximum atomic E-state index is 3.61. The second kappa shape index (κ2) is 5.32. The molecule has 3 heteroatoms. The van der Waals surface area contributed by atoms with Gasteiger partial charge in [-0.25, -0.2) is 0 Å². The van der Waals surface area contributed by atoms with Crippen molar-refractivity contribution in [3.63, 3.8) is 0 Å². The van der Waals surface area contributed by atoms with E-state index in [4.69, 9.17) is 0 Å². The predicted octanol–water partition coefficient (Wildman–Crippen LogP) is 1.52. The Labute approximate surface area is 97.8 Å². The molecule has 3 nitrogen and oxygen atoms in total. The quantitative estimate of drug-likeness (QED) is 0.804. The maximum absolute atomic E-state index is 3.61. The van der Waals surface area contributed by atoms with Crippen LogP contribution in [0, 0.1) is 0 Å². The van der Waals surface area contributed by atoms with Crippen LogP contribution in [0.1, 0.15) is 12.0 Å². The monoisotopic (exact) mass is 219 g/mol. The highest BCUT2D eigenvalue weighted by Gasteiger charge is 2.18. The van der Waals surface area contributed by atoms with E-state index >= 15 is 0 Å². The fraction of sp³-hybridized carbons (Fsp3) is 0.538. The molecule has 0 amide bonds. The molecule has 1 unspecified atom stereocenters. The average molecular weight is 219 g/mol. The first kappa shape index (κ1) is 11.4. The summed E-state index contributed by atoms with van der Waals surface area (Å²) in [6, 6.07) is 9.22. The molecule has 0 radical (unpaired) electrons. The average Bonchev–Trinajstić information content (AvgIpc) is 2.73. The highest BCUT2D eigenvalue weighted by Crippen LogP contribution is 2.11. The van der Waals surface area contributed by atoms with Crippen molar-refractivity contribution in [1.82, 2.24) is 10.2 Å². The first-order valence-corrected chi connectivity index (χ1v) is 5.96. The zero-order valence-electron chi connectivity index (χ0n) is 10.2. The molecular formula is C13H21N3. The summed E-state index contributed by atoms with van der Waals surface area (Å²) in [5, 5.41) is 6.78. The van der Waals surface area contributed by atoms with Gasteiger partial charge in [-0.3, -0.25) is 0 Å². The van der Waals surface area contributed by atoms with Gasteiger partial charge in [0.05, 0.1) is 0 Å². The van der Waals surface area contributed by atoms with Gasteiger partial charge in [0.15, 0.2) is 0 Å². The Morgan fingerprint density at radius 2 is 2.31 bits per heavy atom. The Morgan fingerprint density at radius 3 is 3.00 bits per heavy atom. The predicted molar refractivity (Wildman–Crippen MR) is 68.7 cm³/mol. The van der Waals surface area contributed by atoms with Crippen LogP contribution < -0.4 is 10.6 Å². The smallest absolute Gasteiger partial charge is 0.0340 e. The first-order valence-electron chi connectivity index (χ1n) is 5.96. The van der Waals surface area contributed by atoms with E-state index in [9.17, 15) is 0 Å². The zero-order valence-corrected chi connectivity index (χ0v) is 10.2. The highest BCUT2D eigenvalue weighted by molar-refractivity contribution is 5.44. The molecule has 1 fully saturated rings. The van der Waals surface area contributed by atoms with E-state index in [2.05, 4.69) is 46.8 Å². The molecule has 0 bridgehead atoms. The lowest BCUT2D eigenvalue weighted by Crippen LogP contribution is -2.30. The molecule has 0 aliphatic carbocycles. The van der Waals surface area contributed by atoms with E-state index in [1.54, 1.807) is 0 Å². The summed E-state index contributed by atoms with van der Waals surface area (Å²) >= 11 is 0. The summed E-state index contributed by atoms with van der Waals surface area (Å²) in [6.45, 7) is 3.36. The molecule has 0 spiro atoms. The van der Waals surface area contributed by atoms with Gasteiger partial charge < -0.3 is 15.5 Å². The van der Waals surface area contributed by atoms with Crippen LogP contribution in [0.4, 0.5) is 5.69 Å². The second-order valence-electron chi connectivity index (χ2n) is 4.58. The Kier molecular flexibility index (Phi) is 3.80. The molecule has 0 aromatic heterocycles. The third kappa shape index (κ3) is 2.97. The number of anilines is 1. The van der Waals surface area contributed by atoms with Crippen LogP contribution in [0.2, 0.25) is 0 Å². The van der Waals surface area contributed by atoms with Crippen LogP contribution >= 0.6 is 0 Å². The standard InChI is InChI=1S/C13H21N3/c1-14-12-5-3-4-11(8-12)9-15-13-6-7-16(2)10-13/h3-5,8,13-15H,6-7,9-10H2,1-2H3. The van der Waals surface area contributed by atoms with E-state index in [0.29, 0.717) is 6.04 Å². The number of likely N-dealkylation sites (tertiary alicyclic amines) is 1. The second-order valence-corrected chi connectivity index (χ2v) is 4.58. The molecule has 1 heterocycles. The van der Waals surface area contributed by atoms with Gasteiger partial charge in [0.1, 0.15) is 0 Å². The number of hydrogen-bond donors (Lipinski definition) is 2. The van der Waals surface area contributed by atoms with E-state index in [1.807, 2.05) is 7.05 Å². The number of likely N-dealkylation sites (N-methyl/N-ethyl adjacent to an activating group) is 1. The van der Waals surface area contributed by atoms with Gasteiger partial charge in [0.25, 0.3) is 0 Å². The van der Waals surface area contributed by atoms with Gasteiger partial charge in [-0.05, 0) is 37.7 Å². The molecular weight excluding hydrogens is 198 g/mol. The van der Waals surface area contributed by atoms with Crippen LogP contribution in [0.5, 0.6) is 0 Å².